The highest BCUT2D eigenvalue weighted by atomic mass is 79.9. The van der Waals surface area contributed by atoms with Crippen molar-refractivity contribution >= 4 is 27.3 Å². The molecule has 0 atom stereocenters. The second kappa shape index (κ2) is 6.18. The molecule has 0 unspecified atom stereocenters. The summed E-state index contributed by atoms with van der Waals surface area (Å²) in [5, 5.41) is 9.11. The first kappa shape index (κ1) is 13.3. The van der Waals surface area contributed by atoms with E-state index in [-0.39, 0.29) is 0 Å². The molecule has 2 nitrogen and oxygen atoms in total. The molecular weight excluding hydrogens is 320 g/mol. The second-order valence-corrected chi connectivity index (χ2v) is 6.73. The maximum Gasteiger partial charge on any atom is 0.0303 e. The highest BCUT2D eigenvalue weighted by molar-refractivity contribution is 9.10. The van der Waals surface area contributed by atoms with E-state index in [2.05, 4.69) is 56.2 Å². The first-order valence-electron chi connectivity index (χ1n) is 6.57. The van der Waals surface area contributed by atoms with Crippen LogP contribution in [0.4, 0.5) is 0 Å². The van der Waals surface area contributed by atoms with Crippen molar-refractivity contribution in [2.75, 3.05) is 6.54 Å². The van der Waals surface area contributed by atoms with E-state index in [0.29, 0.717) is 0 Å². The van der Waals surface area contributed by atoms with E-state index in [1.807, 2.05) is 0 Å². The molecule has 0 amide bonds. The molecule has 0 saturated carbocycles. The van der Waals surface area contributed by atoms with E-state index in [0.717, 1.165) is 32.6 Å². The Balaban J connectivity index is 1.64. The Morgan fingerprint density at radius 1 is 1.32 bits per heavy atom. The monoisotopic (exact) mass is 336 g/mol. The maximum atomic E-state index is 3.55. The summed E-state index contributed by atoms with van der Waals surface area (Å²) in [7, 11) is 0. The smallest absolute Gasteiger partial charge is 0.0303 e. The van der Waals surface area contributed by atoms with Crippen molar-refractivity contribution in [2.24, 2.45) is 0 Å². The van der Waals surface area contributed by atoms with Gasteiger partial charge in [0.25, 0.3) is 0 Å². The fourth-order valence-corrected chi connectivity index (χ4v) is 3.96. The van der Waals surface area contributed by atoms with Crippen LogP contribution in [0.15, 0.2) is 34.1 Å². The zero-order valence-electron chi connectivity index (χ0n) is 10.7. The van der Waals surface area contributed by atoms with Gasteiger partial charge in [0.2, 0.25) is 0 Å². The van der Waals surface area contributed by atoms with Crippen molar-refractivity contribution in [1.82, 2.24) is 10.6 Å². The van der Waals surface area contributed by atoms with Crippen molar-refractivity contribution in [3.63, 3.8) is 0 Å². The SMILES string of the molecule is Brc1csc(CNCc2cccc3c2CCNC3)c1. The molecule has 1 aromatic carbocycles. The summed E-state index contributed by atoms with van der Waals surface area (Å²) in [6.45, 7) is 4.01. The Hall–Kier alpha value is -0.680. The maximum absolute atomic E-state index is 3.55. The van der Waals surface area contributed by atoms with Gasteiger partial charge >= 0.3 is 0 Å². The summed E-state index contributed by atoms with van der Waals surface area (Å²) in [6, 6.07) is 8.84. The molecule has 0 aliphatic carbocycles. The lowest BCUT2D eigenvalue weighted by Crippen LogP contribution is -2.25. The number of fused-ring (bicyclic) bond motifs is 1. The van der Waals surface area contributed by atoms with E-state index in [4.69, 9.17) is 0 Å². The van der Waals surface area contributed by atoms with Crippen LogP contribution in [0.25, 0.3) is 0 Å². The van der Waals surface area contributed by atoms with Gasteiger partial charge < -0.3 is 10.6 Å². The van der Waals surface area contributed by atoms with E-state index >= 15 is 0 Å². The van der Waals surface area contributed by atoms with Crippen LogP contribution < -0.4 is 10.6 Å². The Labute approximate surface area is 126 Å². The molecule has 0 bridgehead atoms. The first-order chi connectivity index (χ1) is 9.33. The topological polar surface area (TPSA) is 24.1 Å². The van der Waals surface area contributed by atoms with Crippen LogP contribution in [0.5, 0.6) is 0 Å². The third-order valence-corrected chi connectivity index (χ3v) is 5.17. The second-order valence-electron chi connectivity index (χ2n) is 4.82. The highest BCUT2D eigenvalue weighted by Gasteiger charge is 2.11. The normalized spacial score (nSPS) is 14.4. The average Bonchev–Trinajstić information content (AvgIpc) is 2.85. The van der Waals surface area contributed by atoms with Gasteiger partial charge in [-0.3, -0.25) is 0 Å². The summed E-state index contributed by atoms with van der Waals surface area (Å²) < 4.78 is 1.18. The fourth-order valence-electron chi connectivity index (χ4n) is 2.54. The summed E-state index contributed by atoms with van der Waals surface area (Å²) in [5.41, 5.74) is 4.46. The number of thiophene rings is 1. The molecule has 0 fully saturated rings. The predicted molar refractivity (Wildman–Crippen MR) is 84.4 cm³/mol. The number of benzene rings is 1. The molecule has 1 aliphatic heterocycles. The minimum atomic E-state index is 0.943. The van der Waals surface area contributed by atoms with E-state index in [1.165, 1.54) is 20.5 Å². The lowest BCUT2D eigenvalue weighted by Gasteiger charge is -2.20. The Morgan fingerprint density at radius 2 is 2.26 bits per heavy atom. The molecule has 1 aliphatic rings. The summed E-state index contributed by atoms with van der Waals surface area (Å²) >= 11 is 5.29. The molecule has 0 saturated heterocycles. The van der Waals surface area contributed by atoms with E-state index < -0.39 is 0 Å². The molecule has 0 radical (unpaired) electrons. The third-order valence-electron chi connectivity index (χ3n) is 3.47. The molecule has 2 aromatic rings. The lowest BCUT2D eigenvalue weighted by molar-refractivity contribution is 0.627. The molecule has 100 valence electrons. The minimum absolute atomic E-state index is 0.943. The van der Waals surface area contributed by atoms with Crippen molar-refractivity contribution in [1.29, 1.82) is 0 Å². The van der Waals surface area contributed by atoms with Crippen molar-refractivity contribution in [3.8, 4) is 0 Å². The molecule has 19 heavy (non-hydrogen) atoms. The van der Waals surface area contributed by atoms with Gasteiger partial charge in [0.15, 0.2) is 0 Å². The Bertz CT molecular complexity index is 565. The molecule has 2 N–H and O–H groups in total. The molecule has 0 spiro atoms. The minimum Gasteiger partial charge on any atom is -0.312 e. The summed E-state index contributed by atoms with van der Waals surface area (Å²) in [4.78, 5) is 1.37. The van der Waals surface area contributed by atoms with Crippen LogP contribution >= 0.6 is 27.3 Å². The zero-order valence-corrected chi connectivity index (χ0v) is 13.1. The van der Waals surface area contributed by atoms with Crippen LogP contribution in [0, 0.1) is 0 Å². The van der Waals surface area contributed by atoms with Crippen molar-refractivity contribution < 1.29 is 0 Å². The molecule has 3 rings (SSSR count). The zero-order chi connectivity index (χ0) is 13.1. The highest BCUT2D eigenvalue weighted by Crippen LogP contribution is 2.21. The molecule has 1 aromatic heterocycles. The standard InChI is InChI=1S/C15H17BrN2S/c16-13-6-14(19-10-13)9-18-8-12-3-1-2-11-7-17-5-4-15(11)12/h1-3,6,10,17-18H,4-5,7-9H2. The van der Waals surface area contributed by atoms with Crippen LogP contribution in [-0.4, -0.2) is 6.54 Å². The Morgan fingerprint density at radius 3 is 3.11 bits per heavy atom. The van der Waals surface area contributed by atoms with Gasteiger partial charge in [-0.05, 0) is 51.7 Å². The van der Waals surface area contributed by atoms with Gasteiger partial charge in [0, 0.05) is 34.4 Å². The lowest BCUT2D eigenvalue weighted by atomic mass is 9.95. The number of rotatable bonds is 4. The number of hydrogen-bond acceptors (Lipinski definition) is 3. The van der Waals surface area contributed by atoms with Crippen molar-refractivity contribution in [3.05, 3.63) is 55.7 Å². The fraction of sp³-hybridized carbons (Fsp3) is 0.333. The van der Waals surface area contributed by atoms with Gasteiger partial charge in [-0.1, -0.05) is 18.2 Å². The summed E-state index contributed by atoms with van der Waals surface area (Å²) in [5.74, 6) is 0. The van der Waals surface area contributed by atoms with Crippen LogP contribution in [0.3, 0.4) is 0 Å². The van der Waals surface area contributed by atoms with E-state index in [1.54, 1.807) is 16.9 Å². The summed E-state index contributed by atoms with van der Waals surface area (Å²) in [6.07, 6.45) is 1.15. The Kier molecular flexibility index (Phi) is 4.33. The van der Waals surface area contributed by atoms with Gasteiger partial charge in [-0.25, -0.2) is 0 Å². The number of halogens is 1. The van der Waals surface area contributed by atoms with E-state index in [9.17, 15) is 0 Å². The van der Waals surface area contributed by atoms with Crippen LogP contribution in [-0.2, 0) is 26.1 Å². The number of nitrogens with one attached hydrogen (secondary N) is 2. The van der Waals surface area contributed by atoms with Crippen LogP contribution in [0.1, 0.15) is 21.6 Å². The van der Waals surface area contributed by atoms with Gasteiger partial charge in [-0.15, -0.1) is 11.3 Å². The van der Waals surface area contributed by atoms with Gasteiger partial charge in [0.05, 0.1) is 0 Å². The van der Waals surface area contributed by atoms with Crippen LogP contribution in [0.2, 0.25) is 0 Å². The quantitative estimate of drug-likeness (QED) is 0.893. The molecular formula is C15H17BrN2S. The molecule has 4 heteroatoms. The third kappa shape index (κ3) is 3.26. The van der Waals surface area contributed by atoms with Gasteiger partial charge in [-0.2, -0.15) is 0 Å². The van der Waals surface area contributed by atoms with Crippen molar-refractivity contribution in [2.45, 2.75) is 26.1 Å². The largest absolute Gasteiger partial charge is 0.312 e. The predicted octanol–water partition coefficient (Wildman–Crippen LogP) is 3.45. The first-order valence-corrected chi connectivity index (χ1v) is 8.24. The van der Waals surface area contributed by atoms with Gasteiger partial charge in [0.1, 0.15) is 0 Å². The average molecular weight is 337 g/mol. The number of hydrogen-bond donors (Lipinski definition) is 2. The molecule has 2 heterocycles.